The number of carbonyl (C=O) groups excluding carboxylic acids is 1. The van der Waals surface area contributed by atoms with Crippen LogP contribution in [-0.4, -0.2) is 31.0 Å². The van der Waals surface area contributed by atoms with Crippen LogP contribution in [0.5, 0.6) is 0 Å². The summed E-state index contributed by atoms with van der Waals surface area (Å²) in [6.07, 6.45) is 5.61. The van der Waals surface area contributed by atoms with Crippen LogP contribution in [0.25, 0.3) is 11.3 Å². The lowest BCUT2D eigenvalue weighted by Crippen LogP contribution is -2.33. The number of imidazole rings is 1. The summed E-state index contributed by atoms with van der Waals surface area (Å²) in [6.45, 7) is 1.85. The van der Waals surface area contributed by atoms with Crippen molar-refractivity contribution >= 4 is 17.2 Å². The quantitative estimate of drug-likeness (QED) is 0.514. The molecule has 158 valence electrons. The van der Waals surface area contributed by atoms with Crippen LogP contribution >= 0.6 is 0 Å². The first-order valence-corrected chi connectivity index (χ1v) is 9.76. The van der Waals surface area contributed by atoms with Gasteiger partial charge in [-0.2, -0.15) is 5.10 Å². The second kappa shape index (κ2) is 6.97. The number of halogens is 3. The highest BCUT2D eigenvalue weighted by Gasteiger charge is 2.46. The summed E-state index contributed by atoms with van der Waals surface area (Å²) in [6, 6.07) is 8.19. The predicted molar refractivity (Wildman–Crippen MR) is 108 cm³/mol. The molecule has 1 N–H and O–H groups in total. The summed E-state index contributed by atoms with van der Waals surface area (Å²) in [4.78, 5) is 16.9. The van der Waals surface area contributed by atoms with E-state index in [0.717, 1.165) is 11.1 Å². The summed E-state index contributed by atoms with van der Waals surface area (Å²) in [5.74, 6) is -3.69. The van der Waals surface area contributed by atoms with Gasteiger partial charge in [0.2, 0.25) is 5.92 Å². The zero-order chi connectivity index (χ0) is 21.8. The standard InChI is InChI=1S/C22H18F3N5O/c1-13-2-4-17(30-11-15(9-27-30)14-7-22(24,25)8-14)6-18(13)28-21(31)19-10-26-20-5-3-16(23)12-29(19)20/h2-6,9-12,14H,7-8H2,1H3,(H,28,31). The molecule has 0 spiro atoms. The highest BCUT2D eigenvalue weighted by molar-refractivity contribution is 6.04. The van der Waals surface area contributed by atoms with Crippen LogP contribution in [0.2, 0.25) is 0 Å². The number of nitrogens with zero attached hydrogens (tertiary/aromatic N) is 4. The van der Waals surface area contributed by atoms with Gasteiger partial charge < -0.3 is 5.32 Å². The molecule has 31 heavy (non-hydrogen) atoms. The van der Waals surface area contributed by atoms with Crippen LogP contribution in [0, 0.1) is 12.7 Å². The van der Waals surface area contributed by atoms with Crippen molar-refractivity contribution in [3.63, 3.8) is 0 Å². The van der Waals surface area contributed by atoms with Crippen LogP contribution in [0.15, 0.2) is 55.1 Å². The first-order chi connectivity index (χ1) is 14.8. The van der Waals surface area contributed by atoms with Gasteiger partial charge in [0.25, 0.3) is 5.91 Å². The summed E-state index contributed by atoms with van der Waals surface area (Å²) < 4.78 is 42.9. The minimum Gasteiger partial charge on any atom is -0.320 e. The predicted octanol–water partition coefficient (Wildman–Crippen LogP) is 4.73. The summed E-state index contributed by atoms with van der Waals surface area (Å²) >= 11 is 0. The molecule has 4 aromatic rings. The van der Waals surface area contributed by atoms with E-state index in [4.69, 9.17) is 0 Å². The molecule has 0 aliphatic heterocycles. The Hall–Kier alpha value is -3.62. The minimum absolute atomic E-state index is 0.159. The normalized spacial score (nSPS) is 15.7. The lowest BCUT2D eigenvalue weighted by molar-refractivity contribution is -0.0867. The van der Waals surface area contributed by atoms with Crippen molar-refractivity contribution < 1.29 is 18.0 Å². The van der Waals surface area contributed by atoms with Crippen molar-refractivity contribution in [3.05, 3.63) is 77.8 Å². The molecule has 0 radical (unpaired) electrons. The highest BCUT2D eigenvalue weighted by Crippen LogP contribution is 2.48. The van der Waals surface area contributed by atoms with E-state index in [1.807, 2.05) is 19.1 Å². The zero-order valence-corrected chi connectivity index (χ0v) is 16.5. The lowest BCUT2D eigenvalue weighted by Gasteiger charge is -2.34. The number of anilines is 1. The van der Waals surface area contributed by atoms with E-state index in [2.05, 4.69) is 15.4 Å². The number of hydrogen-bond donors (Lipinski definition) is 1. The molecular weight excluding hydrogens is 407 g/mol. The fourth-order valence-electron chi connectivity index (χ4n) is 3.78. The van der Waals surface area contributed by atoms with Gasteiger partial charge in [-0.1, -0.05) is 6.07 Å². The molecule has 1 aliphatic rings. The van der Waals surface area contributed by atoms with Crippen LogP contribution in [-0.2, 0) is 0 Å². The van der Waals surface area contributed by atoms with Crippen LogP contribution in [0.1, 0.15) is 40.4 Å². The van der Waals surface area contributed by atoms with Gasteiger partial charge in [-0.05, 0) is 48.2 Å². The Morgan fingerprint density at radius 2 is 1.97 bits per heavy atom. The molecule has 3 heterocycles. The van der Waals surface area contributed by atoms with Gasteiger partial charge in [-0.15, -0.1) is 0 Å². The number of nitrogens with one attached hydrogen (secondary N) is 1. The molecule has 1 fully saturated rings. The molecule has 6 nitrogen and oxygen atoms in total. The third-order valence-corrected chi connectivity index (χ3v) is 5.60. The number of alkyl halides is 2. The van der Waals surface area contributed by atoms with E-state index in [-0.39, 0.29) is 24.5 Å². The van der Waals surface area contributed by atoms with Gasteiger partial charge in [-0.3, -0.25) is 9.20 Å². The average Bonchev–Trinajstić information content (AvgIpc) is 3.34. The first kappa shape index (κ1) is 19.3. The number of carbonyl (C=O) groups is 1. The monoisotopic (exact) mass is 425 g/mol. The van der Waals surface area contributed by atoms with Crippen molar-refractivity contribution in [1.82, 2.24) is 19.2 Å². The van der Waals surface area contributed by atoms with Gasteiger partial charge in [0.15, 0.2) is 0 Å². The lowest BCUT2D eigenvalue weighted by atomic mass is 9.78. The number of aromatic nitrogens is 4. The van der Waals surface area contributed by atoms with Crippen molar-refractivity contribution in [2.75, 3.05) is 5.32 Å². The van der Waals surface area contributed by atoms with Crippen LogP contribution in [0.3, 0.4) is 0 Å². The smallest absolute Gasteiger partial charge is 0.274 e. The Balaban J connectivity index is 1.39. The van der Waals surface area contributed by atoms with E-state index in [9.17, 15) is 18.0 Å². The Morgan fingerprint density at radius 3 is 2.74 bits per heavy atom. The molecule has 1 saturated carbocycles. The molecule has 9 heteroatoms. The maximum atomic E-state index is 13.6. The molecule has 1 amide bonds. The number of rotatable bonds is 4. The SMILES string of the molecule is Cc1ccc(-n2cc(C3CC(F)(F)C3)cn2)cc1NC(=O)c1cnc2ccc(F)cn12. The molecular formula is C22H18F3N5O. The third kappa shape index (κ3) is 3.56. The molecule has 5 rings (SSSR count). The number of pyridine rings is 1. The van der Waals surface area contributed by atoms with E-state index in [1.54, 1.807) is 23.1 Å². The van der Waals surface area contributed by atoms with E-state index >= 15 is 0 Å². The first-order valence-electron chi connectivity index (χ1n) is 9.76. The topological polar surface area (TPSA) is 64.2 Å². The maximum Gasteiger partial charge on any atom is 0.274 e. The van der Waals surface area contributed by atoms with Crippen molar-refractivity contribution in [1.29, 1.82) is 0 Å². The van der Waals surface area contributed by atoms with Gasteiger partial charge in [0, 0.05) is 30.9 Å². The zero-order valence-electron chi connectivity index (χ0n) is 16.5. The van der Waals surface area contributed by atoms with E-state index in [0.29, 0.717) is 17.0 Å². The molecule has 1 aliphatic carbocycles. The van der Waals surface area contributed by atoms with Crippen molar-refractivity contribution in [2.24, 2.45) is 0 Å². The maximum absolute atomic E-state index is 13.6. The Morgan fingerprint density at radius 1 is 1.16 bits per heavy atom. The summed E-state index contributed by atoms with van der Waals surface area (Å²) in [5.41, 5.74) is 3.49. The van der Waals surface area contributed by atoms with Crippen molar-refractivity contribution in [2.45, 2.75) is 31.6 Å². The number of amides is 1. The molecule has 3 aromatic heterocycles. The van der Waals surface area contributed by atoms with Crippen LogP contribution < -0.4 is 5.32 Å². The largest absolute Gasteiger partial charge is 0.320 e. The van der Waals surface area contributed by atoms with E-state index < -0.39 is 17.6 Å². The molecule has 0 bridgehead atoms. The Labute approximate surface area is 175 Å². The molecule has 1 aromatic carbocycles. The number of aryl methyl sites for hydroxylation is 1. The van der Waals surface area contributed by atoms with Crippen molar-refractivity contribution in [3.8, 4) is 5.69 Å². The number of fused-ring (bicyclic) bond motifs is 1. The second-order valence-electron chi connectivity index (χ2n) is 7.85. The molecule has 0 saturated heterocycles. The number of benzene rings is 1. The highest BCUT2D eigenvalue weighted by atomic mass is 19.3. The van der Waals surface area contributed by atoms with Gasteiger partial charge in [0.05, 0.1) is 18.1 Å². The number of hydrogen-bond acceptors (Lipinski definition) is 3. The van der Waals surface area contributed by atoms with Crippen LogP contribution in [0.4, 0.5) is 18.9 Å². The summed E-state index contributed by atoms with van der Waals surface area (Å²) in [7, 11) is 0. The molecule has 0 unspecified atom stereocenters. The second-order valence-corrected chi connectivity index (χ2v) is 7.85. The van der Waals surface area contributed by atoms with E-state index in [1.165, 1.54) is 28.9 Å². The van der Waals surface area contributed by atoms with Gasteiger partial charge in [0.1, 0.15) is 17.2 Å². The summed E-state index contributed by atoms with van der Waals surface area (Å²) in [5, 5.41) is 7.13. The Bertz CT molecular complexity index is 1300. The minimum atomic E-state index is -2.59. The van der Waals surface area contributed by atoms with Gasteiger partial charge in [-0.25, -0.2) is 22.8 Å². The fraction of sp³-hybridized carbons (Fsp3) is 0.227. The average molecular weight is 425 g/mol. The third-order valence-electron chi connectivity index (χ3n) is 5.60. The Kier molecular flexibility index (Phi) is 4.35. The molecule has 0 atom stereocenters. The fourth-order valence-corrected chi connectivity index (χ4v) is 3.78. The van der Waals surface area contributed by atoms with Gasteiger partial charge >= 0.3 is 0 Å².